The summed E-state index contributed by atoms with van der Waals surface area (Å²) in [6.45, 7) is 2.16. The number of likely N-dealkylation sites (N-methyl/N-ethyl adjacent to an activating group) is 1. The monoisotopic (exact) mass is 206 g/mol. The molecule has 1 aromatic heterocycles. The van der Waals surface area contributed by atoms with Crippen LogP contribution in [0.1, 0.15) is 12.8 Å². The van der Waals surface area contributed by atoms with Crippen LogP contribution in [0.5, 0.6) is 0 Å². The van der Waals surface area contributed by atoms with E-state index in [2.05, 4.69) is 22.2 Å². The molecule has 0 radical (unpaired) electrons. The molecule has 3 N–H and O–H groups in total. The number of hydrogen-bond donors (Lipinski definition) is 2. The van der Waals surface area contributed by atoms with Gasteiger partial charge in [0.05, 0.1) is 0 Å². The molecule has 1 unspecified atom stereocenters. The van der Waals surface area contributed by atoms with E-state index in [1.165, 1.54) is 19.4 Å². The molecule has 15 heavy (non-hydrogen) atoms. The van der Waals surface area contributed by atoms with Gasteiger partial charge in [-0.25, -0.2) is 4.98 Å². The molecule has 1 atom stereocenters. The van der Waals surface area contributed by atoms with Crippen LogP contribution < -0.4 is 11.1 Å². The van der Waals surface area contributed by atoms with Crippen LogP contribution in [0.2, 0.25) is 0 Å². The molecule has 4 heteroatoms. The second kappa shape index (κ2) is 4.49. The van der Waals surface area contributed by atoms with Crippen molar-refractivity contribution >= 4 is 11.6 Å². The van der Waals surface area contributed by atoms with Crippen molar-refractivity contribution in [2.45, 2.75) is 18.9 Å². The molecule has 2 heterocycles. The van der Waals surface area contributed by atoms with Crippen molar-refractivity contribution in [3.63, 3.8) is 0 Å². The molecule has 0 amide bonds. The molecule has 4 nitrogen and oxygen atoms in total. The summed E-state index contributed by atoms with van der Waals surface area (Å²) in [5.41, 5.74) is 5.61. The molecule has 0 aromatic carbocycles. The molecular formula is C11H18N4. The quantitative estimate of drug-likeness (QED) is 0.779. The van der Waals surface area contributed by atoms with Gasteiger partial charge in [0.1, 0.15) is 11.6 Å². The lowest BCUT2D eigenvalue weighted by Crippen LogP contribution is -2.31. The fraction of sp³-hybridized carbons (Fsp3) is 0.545. The van der Waals surface area contributed by atoms with Crippen molar-refractivity contribution in [1.82, 2.24) is 9.88 Å². The normalized spacial score (nSPS) is 21.8. The second-order valence-corrected chi connectivity index (χ2v) is 4.11. The fourth-order valence-electron chi connectivity index (χ4n) is 2.01. The van der Waals surface area contributed by atoms with Gasteiger partial charge >= 0.3 is 0 Å². The molecule has 1 fully saturated rings. The van der Waals surface area contributed by atoms with Gasteiger partial charge in [-0.1, -0.05) is 6.07 Å². The number of rotatable bonds is 3. The Morgan fingerprint density at radius 1 is 1.60 bits per heavy atom. The maximum absolute atomic E-state index is 5.61. The second-order valence-electron chi connectivity index (χ2n) is 4.11. The minimum Gasteiger partial charge on any atom is -0.384 e. The molecule has 0 bridgehead atoms. The van der Waals surface area contributed by atoms with Gasteiger partial charge in [-0.05, 0) is 38.6 Å². The molecule has 1 saturated heterocycles. The highest BCUT2D eigenvalue weighted by Crippen LogP contribution is 2.15. The lowest BCUT2D eigenvalue weighted by Gasteiger charge is -2.19. The highest BCUT2D eigenvalue weighted by atomic mass is 15.2. The van der Waals surface area contributed by atoms with Crippen molar-refractivity contribution in [2.75, 3.05) is 31.2 Å². The molecule has 82 valence electrons. The van der Waals surface area contributed by atoms with Crippen molar-refractivity contribution in [1.29, 1.82) is 0 Å². The van der Waals surface area contributed by atoms with Gasteiger partial charge in [0.2, 0.25) is 0 Å². The first-order valence-electron chi connectivity index (χ1n) is 5.42. The zero-order valence-electron chi connectivity index (χ0n) is 9.11. The Kier molecular flexibility index (Phi) is 3.06. The van der Waals surface area contributed by atoms with Gasteiger partial charge in [-0.15, -0.1) is 0 Å². The molecule has 2 rings (SSSR count). The number of anilines is 2. The first kappa shape index (κ1) is 10.2. The van der Waals surface area contributed by atoms with Crippen LogP contribution in [0.4, 0.5) is 11.6 Å². The third kappa shape index (κ3) is 2.59. The molecule has 0 saturated carbocycles. The van der Waals surface area contributed by atoms with Gasteiger partial charge in [-0.2, -0.15) is 0 Å². The molecule has 0 spiro atoms. The summed E-state index contributed by atoms with van der Waals surface area (Å²) in [6, 6.07) is 6.30. The molecule has 0 aliphatic carbocycles. The average molecular weight is 206 g/mol. The molecule has 1 aliphatic rings. The van der Waals surface area contributed by atoms with Crippen LogP contribution in [0.25, 0.3) is 0 Å². The predicted molar refractivity (Wildman–Crippen MR) is 62.8 cm³/mol. The summed E-state index contributed by atoms with van der Waals surface area (Å²) in [7, 11) is 2.17. The highest BCUT2D eigenvalue weighted by molar-refractivity contribution is 5.42. The first-order valence-corrected chi connectivity index (χ1v) is 5.42. The lowest BCUT2D eigenvalue weighted by atomic mass is 10.2. The van der Waals surface area contributed by atoms with Gasteiger partial charge in [0.15, 0.2) is 0 Å². The number of nitrogens with two attached hydrogens (primary N) is 1. The van der Waals surface area contributed by atoms with E-state index in [0.29, 0.717) is 11.9 Å². The van der Waals surface area contributed by atoms with E-state index in [-0.39, 0.29) is 0 Å². The summed E-state index contributed by atoms with van der Waals surface area (Å²) in [5.74, 6) is 1.44. The number of hydrogen-bond acceptors (Lipinski definition) is 4. The Balaban J connectivity index is 1.87. The number of nitrogens with one attached hydrogen (secondary N) is 1. The Hall–Kier alpha value is -1.29. The summed E-state index contributed by atoms with van der Waals surface area (Å²) >= 11 is 0. The fourth-order valence-corrected chi connectivity index (χ4v) is 2.01. The van der Waals surface area contributed by atoms with E-state index in [1.54, 1.807) is 6.07 Å². The summed E-state index contributed by atoms with van der Waals surface area (Å²) in [6.07, 6.45) is 2.57. The SMILES string of the molecule is CN1CCCC1CNc1cccc(N)n1. The van der Waals surface area contributed by atoms with Crippen LogP contribution in [0.15, 0.2) is 18.2 Å². The van der Waals surface area contributed by atoms with Gasteiger partial charge < -0.3 is 16.0 Å². The van der Waals surface area contributed by atoms with Crippen molar-refractivity contribution in [2.24, 2.45) is 0 Å². The van der Waals surface area contributed by atoms with Crippen LogP contribution in [-0.4, -0.2) is 36.1 Å². The third-order valence-electron chi connectivity index (χ3n) is 2.96. The van der Waals surface area contributed by atoms with Gasteiger partial charge in [0.25, 0.3) is 0 Å². The van der Waals surface area contributed by atoms with Crippen LogP contribution >= 0.6 is 0 Å². The maximum atomic E-state index is 5.61. The number of pyridine rings is 1. The van der Waals surface area contributed by atoms with Gasteiger partial charge in [-0.3, -0.25) is 0 Å². The third-order valence-corrected chi connectivity index (χ3v) is 2.96. The molecule has 1 aromatic rings. The molecular weight excluding hydrogens is 188 g/mol. The van der Waals surface area contributed by atoms with Crippen molar-refractivity contribution in [3.05, 3.63) is 18.2 Å². The smallest absolute Gasteiger partial charge is 0.128 e. The Morgan fingerprint density at radius 3 is 3.13 bits per heavy atom. The summed E-state index contributed by atoms with van der Waals surface area (Å²) in [5, 5.41) is 3.33. The van der Waals surface area contributed by atoms with E-state index in [1.807, 2.05) is 12.1 Å². The van der Waals surface area contributed by atoms with E-state index >= 15 is 0 Å². The highest BCUT2D eigenvalue weighted by Gasteiger charge is 2.20. The van der Waals surface area contributed by atoms with Crippen LogP contribution in [0, 0.1) is 0 Å². The maximum Gasteiger partial charge on any atom is 0.128 e. The first-order chi connectivity index (χ1) is 7.25. The minimum atomic E-state index is 0.569. The van der Waals surface area contributed by atoms with Crippen LogP contribution in [-0.2, 0) is 0 Å². The van der Waals surface area contributed by atoms with E-state index in [4.69, 9.17) is 5.73 Å². The number of likely N-dealkylation sites (tertiary alicyclic amines) is 1. The molecule has 1 aliphatic heterocycles. The van der Waals surface area contributed by atoms with Crippen LogP contribution in [0.3, 0.4) is 0 Å². The average Bonchev–Trinajstić information content (AvgIpc) is 2.61. The van der Waals surface area contributed by atoms with Gasteiger partial charge in [0, 0.05) is 12.6 Å². The van der Waals surface area contributed by atoms with Crippen molar-refractivity contribution in [3.8, 4) is 0 Å². The van der Waals surface area contributed by atoms with E-state index < -0.39 is 0 Å². The summed E-state index contributed by atoms with van der Waals surface area (Å²) in [4.78, 5) is 6.60. The standard InChI is InChI=1S/C11H18N4/c1-15-7-3-4-9(15)8-13-11-6-2-5-10(12)14-11/h2,5-6,9H,3-4,7-8H2,1H3,(H3,12,13,14). The number of nitrogen functional groups attached to an aromatic ring is 1. The topological polar surface area (TPSA) is 54.2 Å². The Labute approximate surface area is 90.5 Å². The Morgan fingerprint density at radius 2 is 2.47 bits per heavy atom. The Bertz CT molecular complexity index is 326. The number of nitrogens with zero attached hydrogens (tertiary/aromatic N) is 2. The van der Waals surface area contributed by atoms with E-state index in [9.17, 15) is 0 Å². The minimum absolute atomic E-state index is 0.569. The van der Waals surface area contributed by atoms with Crippen molar-refractivity contribution < 1.29 is 0 Å². The zero-order valence-corrected chi connectivity index (χ0v) is 9.11. The number of aromatic nitrogens is 1. The predicted octanol–water partition coefficient (Wildman–Crippen LogP) is 1.17. The summed E-state index contributed by atoms with van der Waals surface area (Å²) < 4.78 is 0. The lowest BCUT2D eigenvalue weighted by molar-refractivity contribution is 0.322. The van der Waals surface area contributed by atoms with E-state index in [0.717, 1.165) is 12.4 Å². The zero-order chi connectivity index (χ0) is 10.7. The largest absolute Gasteiger partial charge is 0.384 e.